The zero-order valence-corrected chi connectivity index (χ0v) is 7.19. The van der Waals surface area contributed by atoms with Crippen LogP contribution in [0.15, 0.2) is 10.9 Å². The maximum Gasteiger partial charge on any atom is 0.244 e. The largest absolute Gasteiger partial charge is 0.338 e. The lowest BCUT2D eigenvalue weighted by Crippen LogP contribution is -2.09. The van der Waals surface area contributed by atoms with E-state index in [1.165, 1.54) is 6.33 Å². The highest BCUT2D eigenvalue weighted by Crippen LogP contribution is 2.07. The molecule has 0 amide bonds. The van der Waals surface area contributed by atoms with Crippen molar-refractivity contribution in [1.82, 2.24) is 10.1 Å². The Bertz CT molecular complexity index is 226. The molecule has 0 spiro atoms. The fourth-order valence-corrected chi connectivity index (χ4v) is 0.531. The molecule has 0 fully saturated rings. The van der Waals surface area contributed by atoms with E-state index in [2.05, 4.69) is 14.7 Å². The highest BCUT2D eigenvalue weighted by atomic mass is 16.5. The van der Waals surface area contributed by atoms with Crippen LogP contribution in [0.2, 0.25) is 0 Å². The van der Waals surface area contributed by atoms with E-state index in [0.717, 1.165) is 0 Å². The van der Waals surface area contributed by atoms with Crippen LogP contribution in [-0.4, -0.2) is 10.1 Å². The molecule has 66 valence electrons. The summed E-state index contributed by atoms with van der Waals surface area (Å²) in [5.41, 5.74) is 5.43. The van der Waals surface area contributed by atoms with Crippen molar-refractivity contribution in [3.8, 4) is 6.07 Å². The van der Waals surface area contributed by atoms with E-state index < -0.39 is 6.04 Å². The first-order valence-electron chi connectivity index (χ1n) is 3.73. The van der Waals surface area contributed by atoms with Crippen LogP contribution in [0.1, 0.15) is 32.2 Å². The number of aromatic nitrogens is 2. The van der Waals surface area contributed by atoms with Gasteiger partial charge in [-0.3, -0.25) is 0 Å². The second-order valence-electron chi connectivity index (χ2n) is 1.75. The number of nitrogens with two attached hydrogens (primary N) is 1. The van der Waals surface area contributed by atoms with Crippen molar-refractivity contribution in [2.75, 3.05) is 0 Å². The zero-order chi connectivity index (χ0) is 9.40. The highest BCUT2D eigenvalue weighted by molar-refractivity contribution is 4.90. The van der Waals surface area contributed by atoms with Crippen molar-refractivity contribution in [1.29, 1.82) is 5.26 Å². The van der Waals surface area contributed by atoms with Gasteiger partial charge < -0.3 is 10.3 Å². The van der Waals surface area contributed by atoms with Gasteiger partial charge in [0.25, 0.3) is 0 Å². The summed E-state index contributed by atoms with van der Waals surface area (Å²) in [5, 5.41) is 11.6. The first-order chi connectivity index (χ1) is 5.84. The molecule has 0 saturated heterocycles. The molecule has 0 bridgehead atoms. The van der Waals surface area contributed by atoms with Crippen LogP contribution in [0, 0.1) is 11.3 Å². The van der Waals surface area contributed by atoms with Crippen LogP contribution in [-0.2, 0) is 0 Å². The van der Waals surface area contributed by atoms with E-state index in [1.54, 1.807) is 0 Å². The van der Waals surface area contributed by atoms with Gasteiger partial charge in [0.15, 0.2) is 6.33 Å². The smallest absolute Gasteiger partial charge is 0.244 e. The van der Waals surface area contributed by atoms with Gasteiger partial charge in [-0.05, 0) is 0 Å². The lowest BCUT2D eigenvalue weighted by atomic mass is 10.2. The Balaban J connectivity index is 0.000000561. The Labute approximate surface area is 71.2 Å². The molecule has 0 saturated carbocycles. The summed E-state index contributed by atoms with van der Waals surface area (Å²) >= 11 is 0. The van der Waals surface area contributed by atoms with Crippen LogP contribution >= 0.6 is 0 Å². The molecule has 5 nitrogen and oxygen atoms in total. The summed E-state index contributed by atoms with van der Waals surface area (Å²) < 4.78 is 4.61. The molecule has 0 aliphatic heterocycles. The van der Waals surface area contributed by atoms with Gasteiger partial charge in [0.1, 0.15) is 0 Å². The van der Waals surface area contributed by atoms with Crippen molar-refractivity contribution in [3.63, 3.8) is 0 Å². The van der Waals surface area contributed by atoms with Gasteiger partial charge >= 0.3 is 0 Å². The molecule has 12 heavy (non-hydrogen) atoms. The van der Waals surface area contributed by atoms with Crippen LogP contribution in [0.3, 0.4) is 0 Å². The molecule has 1 rings (SSSR count). The number of hydrogen-bond donors (Lipinski definition) is 1. The molecule has 1 aromatic heterocycles. The third kappa shape index (κ3) is 3.12. The minimum atomic E-state index is -0.451. The average Bonchev–Trinajstić information content (AvgIpc) is 2.60. The molecule has 0 radical (unpaired) electrons. The van der Waals surface area contributed by atoms with Gasteiger partial charge in [0.2, 0.25) is 5.89 Å². The molecule has 0 aliphatic rings. The summed E-state index contributed by atoms with van der Waals surface area (Å²) in [6.45, 7) is 4.00. The Hall–Kier alpha value is -1.41. The Morgan fingerprint density at radius 1 is 1.75 bits per heavy atom. The van der Waals surface area contributed by atoms with E-state index in [-0.39, 0.29) is 6.42 Å². The standard InChI is InChI=1S/C5H6N4O.C2H6/c6-2-1-4(7)5-8-3-9-10-5;1-2/h3-4H,1,7H2;1-2H3/t4-;/m0./s1. The Morgan fingerprint density at radius 2 is 2.42 bits per heavy atom. The van der Waals surface area contributed by atoms with Crippen molar-refractivity contribution >= 4 is 0 Å². The fraction of sp³-hybridized carbons (Fsp3) is 0.571. The van der Waals surface area contributed by atoms with E-state index in [4.69, 9.17) is 11.0 Å². The van der Waals surface area contributed by atoms with Gasteiger partial charge in [-0.1, -0.05) is 19.0 Å². The summed E-state index contributed by atoms with van der Waals surface area (Å²) in [7, 11) is 0. The minimum absolute atomic E-state index is 0.197. The van der Waals surface area contributed by atoms with Crippen molar-refractivity contribution in [2.24, 2.45) is 5.73 Å². The van der Waals surface area contributed by atoms with Gasteiger partial charge in [-0.15, -0.1) is 0 Å². The van der Waals surface area contributed by atoms with Crippen LogP contribution in [0.5, 0.6) is 0 Å². The molecule has 0 unspecified atom stereocenters. The van der Waals surface area contributed by atoms with Gasteiger partial charge in [-0.2, -0.15) is 10.2 Å². The minimum Gasteiger partial charge on any atom is -0.338 e. The Morgan fingerprint density at radius 3 is 2.83 bits per heavy atom. The normalized spacial score (nSPS) is 10.8. The van der Waals surface area contributed by atoms with E-state index in [9.17, 15) is 0 Å². The van der Waals surface area contributed by atoms with E-state index in [0.29, 0.717) is 5.89 Å². The van der Waals surface area contributed by atoms with Crippen molar-refractivity contribution in [2.45, 2.75) is 26.3 Å². The molecule has 1 aromatic rings. The third-order valence-corrected chi connectivity index (χ3v) is 1.01. The van der Waals surface area contributed by atoms with Crippen molar-refractivity contribution in [3.05, 3.63) is 12.2 Å². The average molecular weight is 168 g/mol. The molecular weight excluding hydrogens is 156 g/mol. The molecule has 1 atom stereocenters. The lowest BCUT2D eigenvalue weighted by molar-refractivity contribution is 0.355. The highest BCUT2D eigenvalue weighted by Gasteiger charge is 2.09. The summed E-state index contributed by atoms with van der Waals surface area (Å²) in [6.07, 6.45) is 1.45. The molecule has 2 N–H and O–H groups in total. The molecule has 1 heterocycles. The van der Waals surface area contributed by atoms with Crippen LogP contribution in [0.25, 0.3) is 0 Å². The molecule has 5 heteroatoms. The monoisotopic (exact) mass is 168 g/mol. The topological polar surface area (TPSA) is 88.7 Å². The van der Waals surface area contributed by atoms with Gasteiger partial charge in [0, 0.05) is 0 Å². The van der Waals surface area contributed by atoms with E-state index >= 15 is 0 Å². The third-order valence-electron chi connectivity index (χ3n) is 1.01. The predicted molar refractivity (Wildman–Crippen MR) is 42.8 cm³/mol. The Kier molecular flexibility index (Phi) is 5.57. The fourth-order valence-electron chi connectivity index (χ4n) is 0.531. The van der Waals surface area contributed by atoms with Crippen molar-refractivity contribution < 1.29 is 4.52 Å². The molecular formula is C7H12N4O. The van der Waals surface area contributed by atoms with Crippen LogP contribution < -0.4 is 5.73 Å². The predicted octanol–water partition coefficient (Wildman–Crippen LogP) is 1.01. The summed E-state index contributed by atoms with van der Waals surface area (Å²) in [5.74, 6) is 0.307. The van der Waals surface area contributed by atoms with E-state index in [1.807, 2.05) is 19.9 Å². The number of nitriles is 1. The number of hydrogen-bond acceptors (Lipinski definition) is 5. The molecule has 0 aromatic carbocycles. The molecule has 0 aliphatic carbocycles. The van der Waals surface area contributed by atoms with Gasteiger partial charge in [-0.25, -0.2) is 0 Å². The van der Waals surface area contributed by atoms with Gasteiger partial charge in [0.05, 0.1) is 18.5 Å². The second kappa shape index (κ2) is 6.31. The SMILES string of the molecule is CC.N#CC[C@H](N)c1ncno1. The number of rotatable bonds is 2. The maximum atomic E-state index is 8.22. The number of nitrogens with zero attached hydrogens (tertiary/aromatic N) is 3. The van der Waals surface area contributed by atoms with Crippen LogP contribution in [0.4, 0.5) is 0 Å². The lowest BCUT2D eigenvalue weighted by Gasteiger charge is -1.96. The first-order valence-corrected chi connectivity index (χ1v) is 3.73. The second-order valence-corrected chi connectivity index (χ2v) is 1.75. The summed E-state index contributed by atoms with van der Waals surface area (Å²) in [6, 6.07) is 1.45. The quantitative estimate of drug-likeness (QED) is 0.711. The summed E-state index contributed by atoms with van der Waals surface area (Å²) in [4.78, 5) is 3.68. The maximum absolute atomic E-state index is 8.22. The first kappa shape index (κ1) is 10.6. The zero-order valence-electron chi connectivity index (χ0n) is 7.19.